The maximum atomic E-state index is 11.4. The molecule has 0 aliphatic heterocycles. The van der Waals surface area contributed by atoms with Gasteiger partial charge in [0.1, 0.15) is 11.7 Å². The second-order valence-electron chi connectivity index (χ2n) is 3.05. The number of nitrogens with two attached hydrogens (primary N) is 1. The molecule has 1 unspecified atom stereocenters. The predicted molar refractivity (Wildman–Crippen MR) is 54.6 cm³/mol. The molecule has 86 valence electrons. The van der Waals surface area contributed by atoms with Gasteiger partial charge in [-0.2, -0.15) is 0 Å². The number of pyridine rings is 1. The Morgan fingerprint density at radius 1 is 1.56 bits per heavy atom. The van der Waals surface area contributed by atoms with Crippen molar-refractivity contribution in [3.05, 3.63) is 34.2 Å². The van der Waals surface area contributed by atoms with Gasteiger partial charge >= 0.3 is 0 Å². The molecule has 1 heterocycles. The molecule has 1 rings (SSSR count). The molecule has 1 atom stereocenters. The van der Waals surface area contributed by atoms with Crippen LogP contribution in [-0.4, -0.2) is 34.6 Å². The van der Waals surface area contributed by atoms with E-state index in [1.807, 2.05) is 0 Å². The van der Waals surface area contributed by atoms with Gasteiger partial charge in [0.2, 0.25) is 5.91 Å². The van der Waals surface area contributed by atoms with E-state index in [-0.39, 0.29) is 12.1 Å². The van der Waals surface area contributed by atoms with E-state index in [2.05, 4.69) is 10.3 Å². The van der Waals surface area contributed by atoms with Crippen LogP contribution >= 0.6 is 0 Å². The van der Waals surface area contributed by atoms with Crippen LogP contribution in [0.15, 0.2) is 23.3 Å². The lowest BCUT2D eigenvalue weighted by Gasteiger charge is -2.07. The van der Waals surface area contributed by atoms with Crippen LogP contribution in [0.5, 0.6) is 0 Å². The van der Waals surface area contributed by atoms with Gasteiger partial charge in [-0.15, -0.1) is 0 Å². The van der Waals surface area contributed by atoms with Crippen molar-refractivity contribution in [2.75, 3.05) is 6.54 Å². The molecule has 2 amide bonds. The third-order valence-corrected chi connectivity index (χ3v) is 1.85. The molecule has 16 heavy (non-hydrogen) atoms. The molecule has 7 nitrogen and oxygen atoms in total. The van der Waals surface area contributed by atoms with Gasteiger partial charge in [0.25, 0.3) is 5.91 Å². The van der Waals surface area contributed by atoms with Crippen molar-refractivity contribution in [3.8, 4) is 0 Å². The molecule has 0 aliphatic carbocycles. The van der Waals surface area contributed by atoms with Crippen LogP contribution in [0, 0.1) is 0 Å². The summed E-state index contributed by atoms with van der Waals surface area (Å²) in [5, 5.41) is 11.2. The van der Waals surface area contributed by atoms with Crippen molar-refractivity contribution in [3.63, 3.8) is 0 Å². The summed E-state index contributed by atoms with van der Waals surface area (Å²) >= 11 is 0. The first kappa shape index (κ1) is 11.9. The van der Waals surface area contributed by atoms with Gasteiger partial charge < -0.3 is 21.1 Å². The summed E-state index contributed by atoms with van der Waals surface area (Å²) in [5.41, 5.74) is 4.23. The second-order valence-corrected chi connectivity index (χ2v) is 3.05. The summed E-state index contributed by atoms with van der Waals surface area (Å²) in [6.45, 7) is -0.331. The van der Waals surface area contributed by atoms with Gasteiger partial charge in [-0.25, -0.2) is 0 Å². The first-order valence-corrected chi connectivity index (χ1v) is 4.45. The number of aliphatic hydroxyl groups excluding tert-OH is 1. The van der Waals surface area contributed by atoms with Crippen LogP contribution in [-0.2, 0) is 4.79 Å². The molecule has 7 heteroatoms. The quantitative estimate of drug-likeness (QED) is 0.470. The molecule has 0 fully saturated rings. The van der Waals surface area contributed by atoms with E-state index in [4.69, 9.17) is 10.8 Å². The van der Waals surface area contributed by atoms with E-state index in [1.165, 1.54) is 18.5 Å². The molecule has 0 aliphatic rings. The highest BCUT2D eigenvalue weighted by molar-refractivity contribution is 5.94. The smallest absolute Gasteiger partial charge is 0.256 e. The zero-order chi connectivity index (χ0) is 12.1. The van der Waals surface area contributed by atoms with Gasteiger partial charge in [-0.3, -0.25) is 14.4 Å². The molecule has 0 aromatic carbocycles. The van der Waals surface area contributed by atoms with Crippen molar-refractivity contribution in [2.45, 2.75) is 6.10 Å². The first-order chi connectivity index (χ1) is 7.52. The van der Waals surface area contributed by atoms with E-state index in [0.29, 0.717) is 0 Å². The fourth-order valence-corrected chi connectivity index (χ4v) is 0.979. The number of primary amides is 1. The second kappa shape index (κ2) is 5.08. The zero-order valence-corrected chi connectivity index (χ0v) is 8.27. The van der Waals surface area contributed by atoms with E-state index >= 15 is 0 Å². The number of hydrogen-bond acceptors (Lipinski definition) is 4. The number of carbonyl (C=O) groups excluding carboxylic acids is 2. The third-order valence-electron chi connectivity index (χ3n) is 1.85. The van der Waals surface area contributed by atoms with Crippen LogP contribution in [0.3, 0.4) is 0 Å². The number of H-pyrrole nitrogens is 1. The molecular formula is C9H11N3O4. The Hall–Kier alpha value is -2.15. The maximum Gasteiger partial charge on any atom is 0.256 e. The Morgan fingerprint density at radius 2 is 2.25 bits per heavy atom. The van der Waals surface area contributed by atoms with Crippen molar-refractivity contribution < 1.29 is 14.7 Å². The lowest BCUT2D eigenvalue weighted by atomic mass is 10.2. The number of carbonyl (C=O) groups is 2. The van der Waals surface area contributed by atoms with E-state index in [1.54, 1.807) is 0 Å². The Kier molecular flexibility index (Phi) is 3.78. The molecule has 0 bridgehead atoms. The van der Waals surface area contributed by atoms with Gasteiger partial charge in [0.15, 0.2) is 5.43 Å². The highest BCUT2D eigenvalue weighted by Gasteiger charge is 2.14. The average molecular weight is 225 g/mol. The summed E-state index contributed by atoms with van der Waals surface area (Å²) < 4.78 is 0. The molecule has 5 N–H and O–H groups in total. The number of amides is 2. The molecular weight excluding hydrogens is 214 g/mol. The van der Waals surface area contributed by atoms with Crippen LogP contribution in [0.4, 0.5) is 0 Å². The minimum atomic E-state index is -1.47. The minimum Gasteiger partial charge on any atom is -0.381 e. The molecule has 0 spiro atoms. The predicted octanol–water partition coefficient (Wildman–Crippen LogP) is -2.05. The van der Waals surface area contributed by atoms with Crippen molar-refractivity contribution in [1.82, 2.24) is 10.3 Å². The number of aliphatic hydroxyl groups is 1. The number of hydrogen-bond donors (Lipinski definition) is 4. The summed E-state index contributed by atoms with van der Waals surface area (Å²) in [7, 11) is 0. The van der Waals surface area contributed by atoms with Gasteiger partial charge in [0, 0.05) is 18.5 Å². The molecule has 1 aromatic rings. The van der Waals surface area contributed by atoms with Crippen LogP contribution in [0.2, 0.25) is 0 Å². The van der Waals surface area contributed by atoms with E-state index in [0.717, 1.165) is 0 Å². The molecule has 1 aromatic heterocycles. The fourth-order valence-electron chi connectivity index (χ4n) is 0.979. The highest BCUT2D eigenvalue weighted by Crippen LogP contribution is 1.88. The van der Waals surface area contributed by atoms with Crippen LogP contribution < -0.4 is 16.5 Å². The summed E-state index contributed by atoms with van der Waals surface area (Å²) in [5.74, 6) is -1.62. The largest absolute Gasteiger partial charge is 0.381 e. The maximum absolute atomic E-state index is 11.4. The molecule has 0 radical (unpaired) electrons. The van der Waals surface area contributed by atoms with Crippen molar-refractivity contribution in [2.24, 2.45) is 5.73 Å². The molecule has 0 saturated carbocycles. The van der Waals surface area contributed by atoms with Crippen LogP contribution in [0.1, 0.15) is 10.4 Å². The van der Waals surface area contributed by atoms with Crippen molar-refractivity contribution >= 4 is 11.8 Å². The van der Waals surface area contributed by atoms with E-state index < -0.39 is 23.3 Å². The standard InChI is InChI=1S/C9H11N3O4/c10-8(15)7(14)4-12-9(16)5-3-11-2-1-6(5)13/h1-3,7,14H,4H2,(H2,10,15)(H,11,13)(H,12,16). The Balaban J connectivity index is 2.64. The Bertz CT molecular complexity index is 454. The molecule has 0 saturated heterocycles. The Labute approximate surface area is 90.3 Å². The highest BCUT2D eigenvalue weighted by atomic mass is 16.3. The van der Waals surface area contributed by atoms with E-state index in [9.17, 15) is 14.4 Å². The average Bonchev–Trinajstić information content (AvgIpc) is 2.25. The number of aromatic nitrogens is 1. The number of nitrogens with one attached hydrogen (secondary N) is 2. The summed E-state index contributed by atoms with van der Waals surface area (Å²) in [6, 6.07) is 1.19. The lowest BCUT2D eigenvalue weighted by molar-refractivity contribution is -0.125. The summed E-state index contributed by atoms with van der Waals surface area (Å²) in [6.07, 6.45) is 1.15. The van der Waals surface area contributed by atoms with Crippen LogP contribution in [0.25, 0.3) is 0 Å². The van der Waals surface area contributed by atoms with Gasteiger partial charge in [-0.05, 0) is 0 Å². The third kappa shape index (κ3) is 2.92. The van der Waals surface area contributed by atoms with Gasteiger partial charge in [0.05, 0.1) is 6.54 Å². The first-order valence-electron chi connectivity index (χ1n) is 4.45. The number of rotatable bonds is 4. The fraction of sp³-hybridized carbons (Fsp3) is 0.222. The monoisotopic (exact) mass is 225 g/mol. The minimum absolute atomic E-state index is 0.0980. The van der Waals surface area contributed by atoms with Gasteiger partial charge in [-0.1, -0.05) is 0 Å². The Morgan fingerprint density at radius 3 is 2.81 bits per heavy atom. The summed E-state index contributed by atoms with van der Waals surface area (Å²) in [4.78, 5) is 35.6. The normalized spacial score (nSPS) is 11.8. The number of aromatic amines is 1. The lowest BCUT2D eigenvalue weighted by Crippen LogP contribution is -2.41. The van der Waals surface area contributed by atoms with Crippen molar-refractivity contribution in [1.29, 1.82) is 0 Å². The SMILES string of the molecule is NC(=O)C(O)CNC(=O)c1c[nH]ccc1=O. The zero-order valence-electron chi connectivity index (χ0n) is 8.27. The topological polar surface area (TPSA) is 125 Å².